The van der Waals surface area contributed by atoms with E-state index in [4.69, 9.17) is 4.74 Å². The normalized spacial score (nSPS) is 16.1. The first-order valence-electron chi connectivity index (χ1n) is 9.50. The Bertz CT molecular complexity index is 1000. The lowest BCUT2D eigenvalue weighted by Crippen LogP contribution is -2.39. The van der Waals surface area contributed by atoms with Crippen molar-refractivity contribution in [2.45, 2.75) is 32.4 Å². The van der Waals surface area contributed by atoms with E-state index in [1.54, 1.807) is 6.07 Å². The van der Waals surface area contributed by atoms with Crippen molar-refractivity contribution in [2.24, 2.45) is 0 Å². The predicted octanol–water partition coefficient (Wildman–Crippen LogP) is 3.70. The summed E-state index contributed by atoms with van der Waals surface area (Å²) in [7, 11) is 0. The molecular weight excluding hydrogens is 359 g/mol. The van der Waals surface area contributed by atoms with Crippen LogP contribution >= 0.6 is 0 Å². The van der Waals surface area contributed by atoms with Crippen molar-refractivity contribution in [2.75, 3.05) is 13.2 Å². The van der Waals surface area contributed by atoms with Gasteiger partial charge in [0.25, 0.3) is 0 Å². The zero-order valence-corrected chi connectivity index (χ0v) is 15.7. The first-order chi connectivity index (χ1) is 13.6. The third kappa shape index (κ3) is 3.78. The Hall–Kier alpha value is -3.09. The minimum absolute atomic E-state index is 0.274. The van der Waals surface area contributed by atoms with E-state index >= 15 is 0 Å². The van der Waals surface area contributed by atoms with Gasteiger partial charge in [0, 0.05) is 18.7 Å². The van der Waals surface area contributed by atoms with Gasteiger partial charge in [0.15, 0.2) is 0 Å². The molecule has 0 unspecified atom stereocenters. The highest BCUT2D eigenvalue weighted by molar-refractivity contribution is 5.76. The number of carbonyl (C=O) groups is 1. The second-order valence-electron chi connectivity index (χ2n) is 6.93. The molecule has 1 aromatic heterocycles. The molecule has 3 aromatic rings. The van der Waals surface area contributed by atoms with Gasteiger partial charge in [-0.2, -0.15) is 0 Å². The Kier molecular flexibility index (Phi) is 5.14. The van der Waals surface area contributed by atoms with Crippen molar-refractivity contribution in [3.05, 3.63) is 59.7 Å². The van der Waals surface area contributed by atoms with Crippen LogP contribution in [0.1, 0.15) is 30.3 Å². The number of benzene rings is 2. The van der Waals surface area contributed by atoms with Crippen LogP contribution in [-0.2, 0) is 6.54 Å². The van der Waals surface area contributed by atoms with Crippen molar-refractivity contribution in [1.82, 2.24) is 20.2 Å². The molecule has 0 radical (unpaired) electrons. The molecule has 1 atom stereocenters. The van der Waals surface area contributed by atoms with Crippen LogP contribution < -0.4 is 15.4 Å². The zero-order chi connectivity index (χ0) is 19.5. The molecule has 7 heteroatoms. The first-order valence-corrected chi connectivity index (χ1v) is 9.50. The number of para-hydroxylation sites is 2. The van der Waals surface area contributed by atoms with Crippen LogP contribution in [0.15, 0.2) is 42.5 Å². The summed E-state index contributed by atoms with van der Waals surface area (Å²) in [5, 5.41) is 5.85. The predicted molar refractivity (Wildman–Crippen MR) is 105 cm³/mol. The van der Waals surface area contributed by atoms with E-state index in [1.165, 1.54) is 12.1 Å². The van der Waals surface area contributed by atoms with Crippen LogP contribution in [0.3, 0.4) is 0 Å². The molecule has 0 spiro atoms. The number of amides is 2. The number of hydrogen-bond acceptors (Lipinski definition) is 3. The van der Waals surface area contributed by atoms with Crippen LogP contribution in [-0.4, -0.2) is 28.7 Å². The molecule has 0 saturated carbocycles. The van der Waals surface area contributed by atoms with Crippen LogP contribution in [0.25, 0.3) is 11.0 Å². The summed E-state index contributed by atoms with van der Waals surface area (Å²) in [6.45, 7) is 3.60. The average molecular weight is 382 g/mol. The molecule has 0 aliphatic carbocycles. The van der Waals surface area contributed by atoms with E-state index < -0.39 is 0 Å². The molecule has 1 aliphatic heterocycles. The molecule has 1 aliphatic rings. The molecule has 0 fully saturated rings. The van der Waals surface area contributed by atoms with E-state index in [9.17, 15) is 9.18 Å². The molecular formula is C21H23FN4O2. The van der Waals surface area contributed by atoms with Gasteiger partial charge in [-0.15, -0.1) is 0 Å². The highest BCUT2D eigenvalue weighted by atomic mass is 19.1. The van der Waals surface area contributed by atoms with Crippen LogP contribution in [0.2, 0.25) is 0 Å². The number of ether oxygens (including phenoxy) is 1. The van der Waals surface area contributed by atoms with Crippen molar-refractivity contribution >= 4 is 17.1 Å². The van der Waals surface area contributed by atoms with Gasteiger partial charge in [-0.25, -0.2) is 14.2 Å². The minimum atomic E-state index is -0.334. The lowest BCUT2D eigenvalue weighted by Gasteiger charge is -2.19. The van der Waals surface area contributed by atoms with Gasteiger partial charge in [-0.1, -0.05) is 12.1 Å². The summed E-state index contributed by atoms with van der Waals surface area (Å²) >= 11 is 0. The number of imidazole rings is 1. The number of fused-ring (bicyclic) bond motifs is 2. The minimum Gasteiger partial charge on any atom is -0.493 e. The Morgan fingerprint density at radius 3 is 3.07 bits per heavy atom. The summed E-state index contributed by atoms with van der Waals surface area (Å²) in [5.41, 5.74) is 2.68. The molecule has 2 amide bonds. The maximum atomic E-state index is 13.7. The van der Waals surface area contributed by atoms with E-state index in [1.807, 2.05) is 31.2 Å². The number of nitrogens with zero attached hydrogens (tertiary/aromatic N) is 2. The van der Waals surface area contributed by atoms with Crippen molar-refractivity contribution < 1.29 is 13.9 Å². The van der Waals surface area contributed by atoms with Gasteiger partial charge in [0.05, 0.1) is 23.7 Å². The van der Waals surface area contributed by atoms with Crippen LogP contribution in [0.4, 0.5) is 9.18 Å². The number of carbonyl (C=O) groups excluding carboxylic acids is 1. The Morgan fingerprint density at radius 1 is 1.32 bits per heavy atom. The Balaban J connectivity index is 1.38. The molecule has 4 rings (SSSR count). The van der Waals surface area contributed by atoms with E-state index in [2.05, 4.69) is 20.2 Å². The van der Waals surface area contributed by atoms with Crippen LogP contribution in [0, 0.1) is 12.7 Å². The highest BCUT2D eigenvalue weighted by Crippen LogP contribution is 2.31. The molecule has 2 N–H and O–H groups in total. The lowest BCUT2D eigenvalue weighted by atomic mass is 10.0. The lowest BCUT2D eigenvalue weighted by molar-refractivity contribution is 0.235. The number of aryl methyl sites for hydroxylation is 1. The standard InChI is InChI=1S/C21H23FN4O2/c1-14-24-18-5-2-3-7-19(18)26(14)11-10-23-21(27)25-17-6-4-12-28-20-9-8-15(22)13-16(17)20/h2-3,5,7-9,13,17H,4,6,10-12H2,1H3,(H2,23,25,27)/t17-/m0/s1. The number of hydrogen-bond donors (Lipinski definition) is 2. The number of urea groups is 1. The highest BCUT2D eigenvalue weighted by Gasteiger charge is 2.22. The second-order valence-corrected chi connectivity index (χ2v) is 6.93. The molecule has 6 nitrogen and oxygen atoms in total. The molecule has 0 bridgehead atoms. The van der Waals surface area contributed by atoms with Crippen molar-refractivity contribution in [3.63, 3.8) is 0 Å². The number of halogens is 1. The fourth-order valence-corrected chi connectivity index (χ4v) is 3.67. The smallest absolute Gasteiger partial charge is 0.315 e. The average Bonchev–Trinajstić information content (AvgIpc) is 2.87. The largest absolute Gasteiger partial charge is 0.493 e. The monoisotopic (exact) mass is 382 g/mol. The van der Waals surface area contributed by atoms with Crippen molar-refractivity contribution in [3.8, 4) is 5.75 Å². The third-order valence-corrected chi connectivity index (χ3v) is 5.01. The van der Waals surface area contributed by atoms with Gasteiger partial charge in [-0.3, -0.25) is 0 Å². The van der Waals surface area contributed by atoms with Gasteiger partial charge < -0.3 is 19.9 Å². The topological polar surface area (TPSA) is 68.2 Å². The Labute approximate surface area is 162 Å². The van der Waals surface area contributed by atoms with E-state index in [0.717, 1.165) is 23.3 Å². The van der Waals surface area contributed by atoms with Crippen molar-refractivity contribution in [1.29, 1.82) is 0 Å². The maximum Gasteiger partial charge on any atom is 0.315 e. The molecule has 0 saturated heterocycles. The quantitative estimate of drug-likeness (QED) is 0.723. The fraction of sp³-hybridized carbons (Fsp3) is 0.333. The number of rotatable bonds is 4. The summed E-state index contributed by atoms with van der Waals surface area (Å²) in [5.74, 6) is 1.21. The SMILES string of the molecule is Cc1nc2ccccc2n1CCNC(=O)N[C@H]1CCCOc2ccc(F)cc21. The summed E-state index contributed by atoms with van der Waals surface area (Å²) in [4.78, 5) is 16.9. The zero-order valence-electron chi connectivity index (χ0n) is 15.7. The Morgan fingerprint density at radius 2 is 2.18 bits per heavy atom. The maximum absolute atomic E-state index is 13.7. The summed E-state index contributed by atoms with van der Waals surface area (Å²) in [6.07, 6.45) is 1.50. The number of nitrogens with one attached hydrogen (secondary N) is 2. The first kappa shape index (κ1) is 18.3. The summed E-state index contributed by atoms with van der Waals surface area (Å²) in [6, 6.07) is 11.8. The van der Waals surface area contributed by atoms with Crippen LogP contribution in [0.5, 0.6) is 5.75 Å². The fourth-order valence-electron chi connectivity index (χ4n) is 3.67. The third-order valence-electron chi connectivity index (χ3n) is 5.01. The molecule has 2 heterocycles. The van der Waals surface area contributed by atoms with Gasteiger partial charge in [0.2, 0.25) is 0 Å². The number of aromatic nitrogens is 2. The summed E-state index contributed by atoms with van der Waals surface area (Å²) < 4.78 is 21.4. The molecule has 2 aromatic carbocycles. The van der Waals surface area contributed by atoms with Gasteiger partial charge >= 0.3 is 6.03 Å². The molecule has 146 valence electrons. The van der Waals surface area contributed by atoms with Gasteiger partial charge in [0.1, 0.15) is 17.4 Å². The van der Waals surface area contributed by atoms with E-state index in [-0.39, 0.29) is 17.9 Å². The van der Waals surface area contributed by atoms with E-state index in [0.29, 0.717) is 37.4 Å². The molecule has 28 heavy (non-hydrogen) atoms. The van der Waals surface area contributed by atoms with Gasteiger partial charge in [-0.05, 0) is 50.1 Å². The second kappa shape index (κ2) is 7.88.